The first-order valence-electron chi connectivity index (χ1n) is 4.80. The predicted molar refractivity (Wildman–Crippen MR) is 56.5 cm³/mol. The van der Waals surface area contributed by atoms with Gasteiger partial charge >= 0.3 is 11.9 Å². The van der Waals surface area contributed by atoms with Crippen molar-refractivity contribution in [1.29, 1.82) is 0 Å². The van der Waals surface area contributed by atoms with Gasteiger partial charge in [0.1, 0.15) is 0 Å². The number of benzene rings is 1. The van der Waals surface area contributed by atoms with Gasteiger partial charge in [-0.2, -0.15) is 13.2 Å². The van der Waals surface area contributed by atoms with E-state index in [0.29, 0.717) is 6.07 Å². The van der Waals surface area contributed by atoms with Gasteiger partial charge in [0.25, 0.3) is 5.78 Å². The minimum absolute atomic E-state index is 0.709. The zero-order valence-electron chi connectivity index (χ0n) is 9.19. The van der Waals surface area contributed by atoms with E-state index in [1.807, 2.05) is 0 Å². The number of Topliss-reactive ketones (excluding diaryl/α,β-unsaturated/α-hetero) is 1. The lowest BCUT2D eigenvalue weighted by Crippen LogP contribution is -2.17. The molecular weight excluding hydrogens is 251 g/mol. The van der Waals surface area contributed by atoms with Gasteiger partial charge in [-0.1, -0.05) is 18.2 Å². The van der Waals surface area contributed by atoms with Crippen LogP contribution < -0.4 is 0 Å². The van der Waals surface area contributed by atoms with Crippen LogP contribution >= 0.6 is 0 Å². The smallest absolute Gasteiger partial charge is 0.282 e. The molecule has 0 heterocycles. The molecule has 0 aliphatic heterocycles. The molecule has 0 aliphatic rings. The second-order valence-corrected chi connectivity index (χ2v) is 3.30. The van der Waals surface area contributed by atoms with E-state index in [0.717, 1.165) is 18.2 Å². The van der Waals surface area contributed by atoms with Gasteiger partial charge < -0.3 is 0 Å². The van der Waals surface area contributed by atoms with E-state index in [9.17, 15) is 28.1 Å². The first kappa shape index (κ1) is 13.9. The molecule has 1 rings (SSSR count). The molecule has 0 fully saturated rings. The van der Waals surface area contributed by atoms with Gasteiger partial charge in [0.2, 0.25) is 0 Å². The number of alkyl halides is 3. The molecule has 0 aromatic heterocycles. The molecule has 96 valence electrons. The zero-order chi connectivity index (χ0) is 13.9. The highest BCUT2D eigenvalue weighted by Crippen LogP contribution is 2.32. The topological polar surface area (TPSA) is 60.2 Å². The Balaban J connectivity index is 3.35. The Bertz CT molecular complexity index is 521. The number of carbonyl (C=O) groups excluding carboxylic acids is 1. The molecule has 18 heavy (non-hydrogen) atoms. The van der Waals surface area contributed by atoms with E-state index in [1.54, 1.807) is 0 Å². The molecule has 0 unspecified atom stereocenters. The normalized spacial score (nSPS) is 12.3. The molecule has 1 aromatic rings. The highest BCUT2D eigenvalue weighted by Gasteiger charge is 2.37. The predicted octanol–water partition coefficient (Wildman–Crippen LogP) is 3.07. The highest BCUT2D eigenvalue weighted by molar-refractivity contribution is 6.08. The van der Waals surface area contributed by atoms with Crippen LogP contribution in [0.2, 0.25) is 0 Å². The van der Waals surface area contributed by atoms with E-state index in [-0.39, 0.29) is 0 Å². The molecule has 0 aliphatic carbocycles. The summed E-state index contributed by atoms with van der Waals surface area (Å²) >= 11 is 0. The summed E-state index contributed by atoms with van der Waals surface area (Å²) in [5.41, 5.74) is -2.79. The monoisotopic (exact) mass is 259 g/mol. The lowest BCUT2D eigenvalue weighted by Gasteiger charge is -2.10. The number of hydrogen-bond donors (Lipinski definition) is 0. The van der Waals surface area contributed by atoms with Crippen LogP contribution in [-0.2, 0) is 6.18 Å². The van der Waals surface area contributed by atoms with Crippen LogP contribution in [0.4, 0.5) is 13.2 Å². The van der Waals surface area contributed by atoms with Crippen LogP contribution in [0.25, 0.3) is 0 Å². The number of nitrogens with zero attached hydrogens (tertiary/aromatic N) is 1. The summed E-state index contributed by atoms with van der Waals surface area (Å²) in [6.07, 6.45) is -3.86. The SMILES string of the molecule is CC=C(C(=O)c1ccccc1C(F)(F)F)[N+](=O)[O-]. The summed E-state index contributed by atoms with van der Waals surface area (Å²) in [4.78, 5) is 21.2. The second kappa shape index (κ2) is 4.99. The Hall–Kier alpha value is -2.18. The number of ketones is 1. The van der Waals surface area contributed by atoms with E-state index < -0.39 is 33.7 Å². The molecule has 0 bridgehead atoms. The number of carbonyl (C=O) groups is 1. The third-order valence-corrected chi connectivity index (χ3v) is 2.18. The first-order valence-corrected chi connectivity index (χ1v) is 4.80. The van der Waals surface area contributed by atoms with Gasteiger partial charge in [0.05, 0.1) is 10.5 Å². The third-order valence-electron chi connectivity index (χ3n) is 2.18. The molecule has 0 N–H and O–H groups in total. The molecular formula is C11H8F3NO3. The number of hydrogen-bond acceptors (Lipinski definition) is 3. The summed E-state index contributed by atoms with van der Waals surface area (Å²) in [5.74, 6) is -1.25. The van der Waals surface area contributed by atoms with E-state index in [4.69, 9.17) is 0 Å². The van der Waals surface area contributed by atoms with Gasteiger partial charge in [-0.3, -0.25) is 14.9 Å². The Morgan fingerprint density at radius 2 is 1.89 bits per heavy atom. The Labute approximate surface area is 99.9 Å². The number of rotatable bonds is 3. The second-order valence-electron chi connectivity index (χ2n) is 3.30. The maximum atomic E-state index is 12.6. The van der Waals surface area contributed by atoms with Gasteiger partial charge in [0.15, 0.2) is 0 Å². The van der Waals surface area contributed by atoms with Crippen LogP contribution in [0.15, 0.2) is 36.0 Å². The Morgan fingerprint density at radius 1 is 1.33 bits per heavy atom. The minimum Gasteiger partial charge on any atom is -0.282 e. The van der Waals surface area contributed by atoms with Crippen LogP contribution in [0.5, 0.6) is 0 Å². The summed E-state index contributed by atoms with van der Waals surface area (Å²) in [6, 6.07) is 3.95. The van der Waals surface area contributed by atoms with Crippen LogP contribution in [0, 0.1) is 10.1 Å². The lowest BCUT2D eigenvalue weighted by molar-refractivity contribution is -0.416. The summed E-state index contributed by atoms with van der Waals surface area (Å²) in [7, 11) is 0. The van der Waals surface area contributed by atoms with Crippen molar-refractivity contribution in [1.82, 2.24) is 0 Å². The first-order chi connectivity index (χ1) is 8.29. The molecule has 0 atom stereocenters. The van der Waals surface area contributed by atoms with E-state index in [2.05, 4.69) is 0 Å². The molecule has 4 nitrogen and oxygen atoms in total. The summed E-state index contributed by atoms with van der Waals surface area (Å²) < 4.78 is 37.9. The summed E-state index contributed by atoms with van der Waals surface area (Å²) in [6.45, 7) is 1.21. The lowest BCUT2D eigenvalue weighted by atomic mass is 10.0. The standard InChI is InChI=1S/C11H8F3NO3/c1-2-9(15(17)18)10(16)7-5-3-4-6-8(7)11(12,13)14/h2-6H,1H3. The van der Waals surface area contributed by atoms with Crippen molar-refractivity contribution in [3.63, 3.8) is 0 Å². The van der Waals surface area contributed by atoms with Crippen LogP contribution in [0.3, 0.4) is 0 Å². The van der Waals surface area contributed by atoms with Crippen molar-refractivity contribution in [3.8, 4) is 0 Å². The van der Waals surface area contributed by atoms with Gasteiger partial charge in [-0.25, -0.2) is 0 Å². The highest BCUT2D eigenvalue weighted by atomic mass is 19.4. The molecule has 1 aromatic carbocycles. The van der Waals surface area contributed by atoms with Gasteiger partial charge in [-0.05, 0) is 19.1 Å². The fourth-order valence-corrected chi connectivity index (χ4v) is 1.39. The van der Waals surface area contributed by atoms with Gasteiger partial charge in [-0.15, -0.1) is 0 Å². The minimum atomic E-state index is -4.73. The average Bonchev–Trinajstić information content (AvgIpc) is 2.28. The molecule has 0 saturated heterocycles. The van der Waals surface area contributed by atoms with Crippen molar-refractivity contribution in [2.75, 3.05) is 0 Å². The van der Waals surface area contributed by atoms with Crippen molar-refractivity contribution < 1.29 is 22.9 Å². The quantitative estimate of drug-likeness (QED) is 0.362. The maximum Gasteiger partial charge on any atom is 0.417 e. The average molecular weight is 259 g/mol. The van der Waals surface area contributed by atoms with Crippen molar-refractivity contribution in [2.45, 2.75) is 13.1 Å². The van der Waals surface area contributed by atoms with E-state index >= 15 is 0 Å². The van der Waals surface area contributed by atoms with Crippen LogP contribution in [0.1, 0.15) is 22.8 Å². The molecule has 0 radical (unpaired) electrons. The third kappa shape index (κ3) is 2.73. The fourth-order valence-electron chi connectivity index (χ4n) is 1.39. The number of allylic oxidation sites excluding steroid dienone is 2. The maximum absolute atomic E-state index is 12.6. The van der Waals surface area contributed by atoms with Crippen molar-refractivity contribution in [2.24, 2.45) is 0 Å². The molecule has 0 saturated carbocycles. The molecule has 7 heteroatoms. The fraction of sp³-hybridized carbons (Fsp3) is 0.182. The molecule has 0 amide bonds. The Kier molecular flexibility index (Phi) is 3.85. The molecule has 0 spiro atoms. The van der Waals surface area contributed by atoms with E-state index in [1.165, 1.54) is 13.0 Å². The van der Waals surface area contributed by atoms with Crippen LogP contribution in [-0.4, -0.2) is 10.7 Å². The van der Waals surface area contributed by atoms with Crippen molar-refractivity contribution in [3.05, 3.63) is 57.3 Å². The Morgan fingerprint density at radius 3 is 2.33 bits per heavy atom. The van der Waals surface area contributed by atoms with Gasteiger partial charge in [0, 0.05) is 5.56 Å². The number of nitro groups is 1. The van der Waals surface area contributed by atoms with Crippen molar-refractivity contribution >= 4 is 5.78 Å². The summed E-state index contributed by atoms with van der Waals surface area (Å²) in [5, 5.41) is 10.5. The number of halogens is 3. The zero-order valence-corrected chi connectivity index (χ0v) is 9.19. The largest absolute Gasteiger partial charge is 0.417 e.